The molecule has 0 radical (unpaired) electrons. The standard InChI is InChI=1S/C30H41F2N3O4S/c1-38-25(36)13-18-9-10-35(17-18)24-8-7-23(28(33-24)40-22-5-3-2-4-6-22)27(37)34-26-20-11-19-12-21(26)16-30(14-19,15-20)39-29(31)32/h7-8,18-22,26,29H,2-6,9-17H2,1H3,(H,34,37)/t18-,19?,20?,21?,26?,30?/m0/s1. The number of halogens is 2. The molecule has 5 saturated carbocycles. The second kappa shape index (κ2) is 11.7. The van der Waals surface area contributed by atoms with Crippen LogP contribution >= 0.6 is 11.8 Å². The molecule has 1 aromatic heterocycles. The molecule has 4 bridgehead atoms. The van der Waals surface area contributed by atoms with Crippen LogP contribution in [0.3, 0.4) is 0 Å². The molecule has 10 heteroatoms. The van der Waals surface area contributed by atoms with Crippen LogP contribution < -0.4 is 10.2 Å². The van der Waals surface area contributed by atoms with E-state index in [0.29, 0.717) is 36.0 Å². The third kappa shape index (κ3) is 5.98. The van der Waals surface area contributed by atoms with Gasteiger partial charge in [0.1, 0.15) is 10.8 Å². The number of rotatable bonds is 9. The molecule has 40 heavy (non-hydrogen) atoms. The largest absolute Gasteiger partial charge is 0.469 e. The van der Waals surface area contributed by atoms with E-state index in [1.165, 1.54) is 26.4 Å². The Balaban J connectivity index is 1.19. The highest BCUT2D eigenvalue weighted by Gasteiger charge is 2.57. The highest BCUT2D eigenvalue weighted by molar-refractivity contribution is 7.99. The number of esters is 1. The third-order valence-electron chi connectivity index (χ3n) is 10.1. The van der Waals surface area contributed by atoms with Crippen LogP contribution in [0.2, 0.25) is 0 Å². The number of nitrogens with zero attached hydrogens (tertiary/aromatic N) is 2. The van der Waals surface area contributed by atoms with E-state index in [1.54, 1.807) is 11.8 Å². The van der Waals surface area contributed by atoms with Crippen molar-refractivity contribution in [3.63, 3.8) is 0 Å². The minimum atomic E-state index is -2.75. The molecule has 5 aliphatic carbocycles. The zero-order valence-corrected chi connectivity index (χ0v) is 24.1. The summed E-state index contributed by atoms with van der Waals surface area (Å²) < 4.78 is 36.5. The molecule has 3 atom stereocenters. The summed E-state index contributed by atoms with van der Waals surface area (Å²) in [5, 5.41) is 4.57. The van der Waals surface area contributed by atoms with Crippen LogP contribution in [0.15, 0.2) is 17.2 Å². The Labute approximate surface area is 239 Å². The molecule has 6 aliphatic rings. The molecule has 1 amide bonds. The van der Waals surface area contributed by atoms with Crippen molar-refractivity contribution in [3.8, 4) is 0 Å². The van der Waals surface area contributed by atoms with Crippen LogP contribution in [-0.4, -0.2) is 60.6 Å². The Morgan fingerprint density at radius 2 is 1.88 bits per heavy atom. The number of alkyl halides is 2. The minimum Gasteiger partial charge on any atom is -0.469 e. The second-order valence-electron chi connectivity index (χ2n) is 12.8. The van der Waals surface area contributed by atoms with Gasteiger partial charge >= 0.3 is 12.6 Å². The maximum Gasteiger partial charge on any atom is 0.345 e. The van der Waals surface area contributed by atoms with Crippen molar-refractivity contribution in [2.45, 2.75) is 106 Å². The van der Waals surface area contributed by atoms with Gasteiger partial charge in [-0.3, -0.25) is 9.59 Å². The van der Waals surface area contributed by atoms with E-state index in [0.717, 1.165) is 62.5 Å². The first-order valence-electron chi connectivity index (χ1n) is 15.1. The monoisotopic (exact) mass is 577 g/mol. The van der Waals surface area contributed by atoms with E-state index < -0.39 is 12.2 Å². The molecule has 1 saturated heterocycles. The number of methoxy groups -OCH3 is 1. The van der Waals surface area contributed by atoms with Crippen LogP contribution in [0.1, 0.15) is 87.4 Å². The summed E-state index contributed by atoms with van der Waals surface area (Å²) in [4.78, 5) is 32.8. The fourth-order valence-electron chi connectivity index (χ4n) is 8.48. The first kappa shape index (κ1) is 28.2. The van der Waals surface area contributed by atoms with Gasteiger partial charge in [-0.2, -0.15) is 8.78 Å². The van der Waals surface area contributed by atoms with Crippen molar-refractivity contribution < 1.29 is 27.8 Å². The van der Waals surface area contributed by atoms with E-state index in [9.17, 15) is 18.4 Å². The molecule has 2 heterocycles. The van der Waals surface area contributed by atoms with Crippen molar-refractivity contribution in [1.29, 1.82) is 0 Å². The average Bonchev–Trinajstić information content (AvgIpc) is 3.38. The van der Waals surface area contributed by atoms with Gasteiger partial charge in [0.15, 0.2) is 0 Å². The number of hydrogen-bond donors (Lipinski definition) is 1. The number of pyridine rings is 1. The number of nitrogens with one attached hydrogen (secondary N) is 1. The summed E-state index contributed by atoms with van der Waals surface area (Å²) in [6.07, 6.45) is 11.1. The van der Waals surface area contributed by atoms with Crippen LogP contribution in [0.4, 0.5) is 14.6 Å². The Bertz CT molecular complexity index is 1080. The first-order chi connectivity index (χ1) is 19.3. The van der Waals surface area contributed by atoms with Gasteiger partial charge in [-0.25, -0.2) is 4.98 Å². The van der Waals surface area contributed by atoms with Crippen LogP contribution in [-0.2, 0) is 14.3 Å². The maximum absolute atomic E-state index is 13.8. The summed E-state index contributed by atoms with van der Waals surface area (Å²) >= 11 is 1.73. The van der Waals surface area contributed by atoms with E-state index >= 15 is 0 Å². The second-order valence-corrected chi connectivity index (χ2v) is 14.1. The highest BCUT2D eigenvalue weighted by atomic mass is 32.2. The summed E-state index contributed by atoms with van der Waals surface area (Å²) in [7, 11) is 1.42. The minimum absolute atomic E-state index is 0.0108. The van der Waals surface area contributed by atoms with E-state index in [4.69, 9.17) is 14.5 Å². The average molecular weight is 578 g/mol. The molecular weight excluding hydrogens is 536 g/mol. The Hall–Kier alpha value is -1.94. The van der Waals surface area contributed by atoms with Gasteiger partial charge in [0, 0.05) is 24.4 Å². The first-order valence-corrected chi connectivity index (χ1v) is 15.9. The van der Waals surface area contributed by atoms with Gasteiger partial charge < -0.3 is 19.7 Å². The number of amides is 1. The molecule has 0 aromatic carbocycles. The smallest absolute Gasteiger partial charge is 0.345 e. The van der Waals surface area contributed by atoms with Crippen molar-refractivity contribution in [2.24, 2.45) is 23.7 Å². The number of thioether (sulfide) groups is 1. The zero-order valence-electron chi connectivity index (χ0n) is 23.3. The Kier molecular flexibility index (Phi) is 8.28. The van der Waals surface area contributed by atoms with Crippen molar-refractivity contribution >= 4 is 29.5 Å². The predicted molar refractivity (Wildman–Crippen MR) is 149 cm³/mol. The molecular formula is C30H41F2N3O4S. The Morgan fingerprint density at radius 3 is 2.58 bits per heavy atom. The molecule has 1 aromatic rings. The van der Waals surface area contributed by atoms with Crippen molar-refractivity contribution in [1.82, 2.24) is 10.3 Å². The molecule has 220 valence electrons. The van der Waals surface area contributed by atoms with Gasteiger partial charge in [-0.1, -0.05) is 19.3 Å². The van der Waals surface area contributed by atoms with E-state index in [-0.39, 0.29) is 35.7 Å². The quantitative estimate of drug-likeness (QED) is 0.371. The summed E-state index contributed by atoms with van der Waals surface area (Å²) in [6.45, 7) is -1.18. The number of hydrogen-bond acceptors (Lipinski definition) is 7. The molecule has 2 unspecified atom stereocenters. The maximum atomic E-state index is 13.8. The topological polar surface area (TPSA) is 80.8 Å². The van der Waals surface area contributed by atoms with Crippen LogP contribution in [0, 0.1) is 23.7 Å². The number of aromatic nitrogens is 1. The molecule has 6 fully saturated rings. The fraction of sp³-hybridized carbons (Fsp3) is 0.767. The number of anilines is 1. The van der Waals surface area contributed by atoms with E-state index in [1.807, 2.05) is 12.1 Å². The summed E-state index contributed by atoms with van der Waals surface area (Å²) in [5.41, 5.74) is -0.115. The predicted octanol–water partition coefficient (Wildman–Crippen LogP) is 5.81. The normalized spacial score (nSPS) is 33.5. The lowest BCUT2D eigenvalue weighted by molar-refractivity contribution is -0.260. The molecule has 1 aliphatic heterocycles. The number of carbonyl (C=O) groups excluding carboxylic acids is 2. The molecule has 7 nitrogen and oxygen atoms in total. The lowest BCUT2D eigenvalue weighted by Crippen LogP contribution is -2.62. The van der Waals surface area contributed by atoms with Gasteiger partial charge in [0.05, 0.1) is 24.7 Å². The lowest BCUT2D eigenvalue weighted by atomic mass is 9.52. The van der Waals surface area contributed by atoms with Crippen LogP contribution in [0.25, 0.3) is 0 Å². The zero-order chi connectivity index (χ0) is 27.9. The molecule has 7 rings (SSSR count). The van der Waals surface area contributed by atoms with E-state index in [2.05, 4.69) is 10.2 Å². The van der Waals surface area contributed by atoms with Crippen LogP contribution in [0.5, 0.6) is 0 Å². The number of ether oxygens (including phenoxy) is 2. The van der Waals surface area contributed by atoms with Crippen molar-refractivity contribution in [2.75, 3.05) is 25.1 Å². The fourth-order valence-corrected chi connectivity index (χ4v) is 9.80. The summed E-state index contributed by atoms with van der Waals surface area (Å²) in [6, 6.07) is 3.83. The molecule has 0 spiro atoms. The molecule has 1 N–H and O–H groups in total. The Morgan fingerprint density at radius 1 is 1.12 bits per heavy atom. The third-order valence-corrected chi connectivity index (χ3v) is 11.4. The van der Waals surface area contributed by atoms with Gasteiger partial charge in [-0.15, -0.1) is 11.8 Å². The number of carbonyl (C=O) groups is 2. The van der Waals surface area contributed by atoms with Gasteiger partial charge in [-0.05, 0) is 87.2 Å². The highest BCUT2D eigenvalue weighted by Crippen LogP contribution is 2.57. The summed E-state index contributed by atoms with van der Waals surface area (Å²) in [5.74, 6) is 1.55. The van der Waals surface area contributed by atoms with Gasteiger partial charge in [0.2, 0.25) is 0 Å². The lowest BCUT2D eigenvalue weighted by Gasteiger charge is -2.59. The van der Waals surface area contributed by atoms with Gasteiger partial charge in [0.25, 0.3) is 5.91 Å². The SMILES string of the molecule is COC(=O)C[C@@H]1CCN(c2ccc(C(=O)NC3C4CC5CC3CC(OC(F)F)(C5)C4)c(SC3CCCCC3)n2)C1. The van der Waals surface area contributed by atoms with Crippen molar-refractivity contribution in [3.05, 3.63) is 17.7 Å².